The number of sulfone groups is 1. The molecule has 2 rings (SSSR count). The summed E-state index contributed by atoms with van der Waals surface area (Å²) in [6, 6.07) is 5.10. The van der Waals surface area contributed by atoms with E-state index in [0.717, 1.165) is 18.5 Å². The first kappa shape index (κ1) is 14.0. The number of rotatable bonds is 3. The Labute approximate surface area is 117 Å². The normalized spacial score (nSPS) is 24.2. The van der Waals surface area contributed by atoms with Gasteiger partial charge in [0.2, 0.25) is 0 Å². The van der Waals surface area contributed by atoms with Gasteiger partial charge in [-0.2, -0.15) is 0 Å². The molecular weight excluding hydrogens is 293 g/mol. The van der Waals surface area contributed by atoms with Gasteiger partial charge < -0.3 is 5.32 Å². The van der Waals surface area contributed by atoms with Crippen LogP contribution in [0.3, 0.4) is 0 Å². The van der Waals surface area contributed by atoms with Gasteiger partial charge in [-0.1, -0.05) is 23.2 Å². The van der Waals surface area contributed by atoms with Gasteiger partial charge in [0.1, 0.15) is 0 Å². The summed E-state index contributed by atoms with van der Waals surface area (Å²) in [7, 11) is -3.02. The zero-order valence-electron chi connectivity index (χ0n) is 9.99. The number of anilines is 1. The van der Waals surface area contributed by atoms with Crippen molar-refractivity contribution in [2.24, 2.45) is 0 Å². The van der Waals surface area contributed by atoms with E-state index in [9.17, 15) is 8.42 Å². The monoisotopic (exact) mass is 307 g/mol. The van der Waals surface area contributed by atoms with E-state index >= 15 is 0 Å². The van der Waals surface area contributed by atoms with E-state index in [0.29, 0.717) is 16.5 Å². The van der Waals surface area contributed by atoms with E-state index < -0.39 is 9.84 Å². The molecule has 2 atom stereocenters. The Morgan fingerprint density at radius 1 is 1.17 bits per heavy atom. The third-order valence-electron chi connectivity index (χ3n) is 3.22. The van der Waals surface area contributed by atoms with Crippen LogP contribution < -0.4 is 5.32 Å². The lowest BCUT2D eigenvalue weighted by atomic mass is 10.2. The first-order chi connectivity index (χ1) is 8.36. The summed E-state index contributed by atoms with van der Waals surface area (Å²) in [5.41, 5.74) is 0.771. The molecule has 1 aromatic carbocycles. The van der Waals surface area contributed by atoms with Crippen molar-refractivity contribution in [2.45, 2.75) is 30.6 Å². The van der Waals surface area contributed by atoms with Crippen LogP contribution in [0.15, 0.2) is 18.2 Å². The first-order valence-corrected chi connectivity index (χ1v) is 8.49. The summed E-state index contributed by atoms with van der Waals surface area (Å²) < 4.78 is 23.4. The Hall–Kier alpha value is -0.450. The highest BCUT2D eigenvalue weighted by Gasteiger charge is 2.34. The number of hydrogen-bond acceptors (Lipinski definition) is 3. The fraction of sp³-hybridized carbons (Fsp3) is 0.500. The summed E-state index contributed by atoms with van der Waals surface area (Å²) in [6.07, 6.45) is 3.78. The molecule has 2 unspecified atom stereocenters. The number of nitrogens with one attached hydrogen (secondary N) is 1. The van der Waals surface area contributed by atoms with Gasteiger partial charge in [-0.15, -0.1) is 0 Å². The van der Waals surface area contributed by atoms with E-state index in [1.54, 1.807) is 18.2 Å². The molecule has 0 heterocycles. The maximum atomic E-state index is 11.7. The Morgan fingerprint density at radius 3 is 2.33 bits per heavy atom. The highest BCUT2D eigenvalue weighted by atomic mass is 35.5. The molecule has 6 heteroatoms. The first-order valence-electron chi connectivity index (χ1n) is 5.78. The molecule has 0 aliphatic heterocycles. The molecule has 0 spiro atoms. The molecular formula is C12H15Cl2NO2S. The predicted octanol–water partition coefficient (Wildman–Crippen LogP) is 3.37. The molecule has 0 saturated heterocycles. The van der Waals surface area contributed by atoms with Crippen LogP contribution in [-0.2, 0) is 9.84 Å². The fourth-order valence-corrected chi connectivity index (χ4v) is 4.38. The molecule has 1 fully saturated rings. The van der Waals surface area contributed by atoms with Gasteiger partial charge in [-0.3, -0.25) is 0 Å². The van der Waals surface area contributed by atoms with Gasteiger partial charge >= 0.3 is 0 Å². The summed E-state index contributed by atoms with van der Waals surface area (Å²) >= 11 is 11.8. The van der Waals surface area contributed by atoms with Crippen LogP contribution in [0.2, 0.25) is 10.0 Å². The molecule has 0 bridgehead atoms. The van der Waals surface area contributed by atoms with Crippen LogP contribution in [0, 0.1) is 0 Å². The Kier molecular flexibility index (Phi) is 4.09. The third kappa shape index (κ3) is 3.31. The molecule has 0 radical (unpaired) electrons. The van der Waals surface area contributed by atoms with E-state index in [1.165, 1.54) is 6.26 Å². The van der Waals surface area contributed by atoms with Crippen molar-refractivity contribution in [1.82, 2.24) is 0 Å². The van der Waals surface area contributed by atoms with E-state index in [1.807, 2.05) is 0 Å². The Morgan fingerprint density at radius 2 is 1.78 bits per heavy atom. The van der Waals surface area contributed by atoms with Gasteiger partial charge in [-0.25, -0.2) is 8.42 Å². The van der Waals surface area contributed by atoms with Crippen LogP contribution in [0.5, 0.6) is 0 Å². The van der Waals surface area contributed by atoms with E-state index in [-0.39, 0.29) is 11.3 Å². The summed E-state index contributed by atoms with van der Waals surface area (Å²) in [4.78, 5) is 0. The Balaban J connectivity index is 2.18. The highest BCUT2D eigenvalue weighted by Crippen LogP contribution is 2.30. The van der Waals surface area contributed by atoms with Gasteiger partial charge in [0.15, 0.2) is 9.84 Å². The van der Waals surface area contributed by atoms with Crippen LogP contribution in [0.25, 0.3) is 0 Å². The summed E-state index contributed by atoms with van der Waals surface area (Å²) in [5, 5.41) is 3.99. The van der Waals surface area contributed by atoms with Gasteiger partial charge in [-0.05, 0) is 37.5 Å². The standard InChI is InChI=1S/C12H15Cl2NO2S/c1-18(16,17)12-4-2-3-11(12)15-10-6-8(13)5-9(14)7-10/h5-7,11-12,15H,2-4H2,1H3. The maximum absolute atomic E-state index is 11.7. The van der Waals surface area contributed by atoms with Crippen molar-refractivity contribution in [2.75, 3.05) is 11.6 Å². The zero-order chi connectivity index (χ0) is 13.3. The van der Waals surface area contributed by atoms with Crippen molar-refractivity contribution in [3.05, 3.63) is 28.2 Å². The molecule has 1 aliphatic carbocycles. The largest absolute Gasteiger partial charge is 0.381 e. The smallest absolute Gasteiger partial charge is 0.152 e. The van der Waals surface area contributed by atoms with Gasteiger partial charge in [0, 0.05) is 28.0 Å². The SMILES string of the molecule is CS(=O)(=O)C1CCCC1Nc1cc(Cl)cc(Cl)c1. The maximum Gasteiger partial charge on any atom is 0.152 e. The molecule has 100 valence electrons. The lowest BCUT2D eigenvalue weighted by molar-refractivity contribution is 0.579. The zero-order valence-corrected chi connectivity index (χ0v) is 12.3. The second-order valence-corrected chi connectivity index (χ2v) is 7.85. The minimum Gasteiger partial charge on any atom is -0.381 e. The molecule has 1 saturated carbocycles. The summed E-state index contributed by atoms with van der Waals surface area (Å²) in [5.74, 6) is 0. The number of benzene rings is 1. The van der Waals surface area contributed by atoms with Crippen LogP contribution in [0.1, 0.15) is 19.3 Å². The van der Waals surface area contributed by atoms with Crippen LogP contribution >= 0.6 is 23.2 Å². The second kappa shape index (κ2) is 5.27. The van der Waals surface area contributed by atoms with Crippen molar-refractivity contribution in [3.8, 4) is 0 Å². The second-order valence-electron chi connectivity index (χ2n) is 4.71. The summed E-state index contributed by atoms with van der Waals surface area (Å²) in [6.45, 7) is 0. The van der Waals surface area contributed by atoms with Crippen molar-refractivity contribution >= 4 is 38.7 Å². The van der Waals surface area contributed by atoms with Crippen molar-refractivity contribution in [1.29, 1.82) is 0 Å². The van der Waals surface area contributed by atoms with Crippen LogP contribution in [0.4, 0.5) is 5.69 Å². The van der Waals surface area contributed by atoms with Crippen molar-refractivity contribution < 1.29 is 8.42 Å². The van der Waals surface area contributed by atoms with E-state index in [4.69, 9.17) is 23.2 Å². The number of hydrogen-bond donors (Lipinski definition) is 1. The van der Waals surface area contributed by atoms with Crippen LogP contribution in [-0.4, -0.2) is 26.0 Å². The minimum atomic E-state index is -3.02. The third-order valence-corrected chi connectivity index (χ3v) is 5.32. The van der Waals surface area contributed by atoms with E-state index in [2.05, 4.69) is 5.32 Å². The molecule has 1 aromatic rings. The molecule has 3 nitrogen and oxygen atoms in total. The molecule has 0 amide bonds. The predicted molar refractivity (Wildman–Crippen MR) is 76.4 cm³/mol. The topological polar surface area (TPSA) is 46.2 Å². The number of halogens is 2. The lowest BCUT2D eigenvalue weighted by Gasteiger charge is -2.21. The molecule has 1 N–H and O–H groups in total. The minimum absolute atomic E-state index is 0.0606. The quantitative estimate of drug-likeness (QED) is 0.931. The molecule has 0 aromatic heterocycles. The fourth-order valence-electron chi connectivity index (χ4n) is 2.45. The average Bonchev–Trinajstić information content (AvgIpc) is 2.63. The van der Waals surface area contributed by atoms with Crippen molar-refractivity contribution in [3.63, 3.8) is 0 Å². The highest BCUT2D eigenvalue weighted by molar-refractivity contribution is 7.91. The average molecular weight is 308 g/mol. The van der Waals surface area contributed by atoms with Gasteiger partial charge in [0.25, 0.3) is 0 Å². The Bertz CT molecular complexity index is 525. The lowest BCUT2D eigenvalue weighted by Crippen LogP contribution is -2.34. The van der Waals surface area contributed by atoms with Gasteiger partial charge in [0.05, 0.1) is 5.25 Å². The molecule has 1 aliphatic rings. The molecule has 18 heavy (non-hydrogen) atoms.